The van der Waals surface area contributed by atoms with E-state index >= 15 is 0 Å². The number of fused-ring (bicyclic) bond motifs is 1. The number of amides is 1. The van der Waals surface area contributed by atoms with E-state index in [4.69, 9.17) is 23.2 Å². The molecule has 1 aromatic carbocycles. The largest absolute Gasteiger partial charge is 0.350 e. The zero-order valence-electron chi connectivity index (χ0n) is 13.4. The fourth-order valence-electron chi connectivity index (χ4n) is 5.85. The first-order valence-corrected chi connectivity index (χ1v) is 9.55. The van der Waals surface area contributed by atoms with Gasteiger partial charge in [-0.2, -0.15) is 0 Å². The molecular formula is C19H20Cl2N2O. The average molecular weight is 363 g/mol. The van der Waals surface area contributed by atoms with E-state index in [2.05, 4.69) is 10.3 Å². The van der Waals surface area contributed by atoms with Crippen molar-refractivity contribution in [3.05, 3.63) is 33.9 Å². The predicted octanol–water partition coefficient (Wildman–Crippen LogP) is 5.17. The highest BCUT2D eigenvalue weighted by molar-refractivity contribution is 6.38. The Morgan fingerprint density at radius 3 is 2.29 bits per heavy atom. The molecule has 5 heteroatoms. The molecule has 4 fully saturated rings. The van der Waals surface area contributed by atoms with Crippen LogP contribution in [-0.2, 0) is 0 Å². The minimum absolute atomic E-state index is 0.0136. The summed E-state index contributed by atoms with van der Waals surface area (Å²) in [6.45, 7) is 0. The number of aromatic amines is 1. The third-order valence-electron chi connectivity index (χ3n) is 6.31. The van der Waals surface area contributed by atoms with Gasteiger partial charge in [0.1, 0.15) is 5.69 Å². The molecule has 0 saturated heterocycles. The summed E-state index contributed by atoms with van der Waals surface area (Å²) in [6.07, 6.45) is 7.56. The molecule has 1 heterocycles. The summed E-state index contributed by atoms with van der Waals surface area (Å²) in [5.74, 6) is 2.42. The first-order valence-electron chi connectivity index (χ1n) is 8.80. The van der Waals surface area contributed by atoms with Crippen LogP contribution in [0.2, 0.25) is 10.0 Å². The summed E-state index contributed by atoms with van der Waals surface area (Å²) in [5.41, 5.74) is 1.40. The van der Waals surface area contributed by atoms with Crippen molar-refractivity contribution in [2.75, 3.05) is 0 Å². The van der Waals surface area contributed by atoms with Crippen molar-refractivity contribution >= 4 is 40.0 Å². The zero-order chi connectivity index (χ0) is 16.5. The molecule has 4 saturated carbocycles. The van der Waals surface area contributed by atoms with Crippen molar-refractivity contribution in [1.29, 1.82) is 0 Å². The van der Waals surface area contributed by atoms with Crippen LogP contribution in [0.15, 0.2) is 18.2 Å². The number of carbonyl (C=O) groups is 1. The van der Waals surface area contributed by atoms with E-state index in [1.807, 2.05) is 12.1 Å². The molecule has 0 atom stereocenters. The van der Waals surface area contributed by atoms with Crippen LogP contribution >= 0.6 is 23.2 Å². The number of hydrogen-bond donors (Lipinski definition) is 2. The second-order valence-electron chi connectivity index (χ2n) is 8.18. The van der Waals surface area contributed by atoms with E-state index in [9.17, 15) is 4.79 Å². The van der Waals surface area contributed by atoms with Crippen molar-refractivity contribution in [2.45, 2.75) is 44.1 Å². The summed E-state index contributed by atoms with van der Waals surface area (Å²) < 4.78 is 0. The van der Waals surface area contributed by atoms with Crippen LogP contribution in [0.4, 0.5) is 0 Å². The topological polar surface area (TPSA) is 44.9 Å². The Morgan fingerprint density at radius 1 is 1.04 bits per heavy atom. The van der Waals surface area contributed by atoms with Crippen molar-refractivity contribution in [3.8, 4) is 0 Å². The molecule has 6 rings (SSSR count). The van der Waals surface area contributed by atoms with Gasteiger partial charge in [-0.1, -0.05) is 23.2 Å². The summed E-state index contributed by atoms with van der Waals surface area (Å²) in [7, 11) is 0. The third kappa shape index (κ3) is 2.36. The lowest BCUT2D eigenvalue weighted by molar-refractivity contribution is -0.0167. The van der Waals surface area contributed by atoms with Gasteiger partial charge in [-0.25, -0.2) is 0 Å². The molecule has 2 aromatic rings. The number of rotatable bonds is 2. The monoisotopic (exact) mass is 362 g/mol. The van der Waals surface area contributed by atoms with Gasteiger partial charge in [0.2, 0.25) is 0 Å². The van der Waals surface area contributed by atoms with E-state index in [1.165, 1.54) is 19.3 Å². The van der Waals surface area contributed by atoms with Gasteiger partial charge in [0.05, 0.1) is 5.02 Å². The molecule has 2 N–H and O–H groups in total. The summed E-state index contributed by atoms with van der Waals surface area (Å²) in [6, 6.07) is 5.36. The summed E-state index contributed by atoms with van der Waals surface area (Å²) >= 11 is 12.3. The maximum Gasteiger partial charge on any atom is 0.268 e. The van der Waals surface area contributed by atoms with Gasteiger partial charge in [0.15, 0.2) is 0 Å². The lowest BCUT2D eigenvalue weighted by Gasteiger charge is -2.56. The highest BCUT2D eigenvalue weighted by Crippen LogP contribution is 2.55. The maximum atomic E-state index is 12.9. The second-order valence-corrected chi connectivity index (χ2v) is 9.03. The normalized spacial score (nSPS) is 34.0. The van der Waals surface area contributed by atoms with Gasteiger partial charge in [-0.15, -0.1) is 0 Å². The van der Waals surface area contributed by atoms with E-state index in [0.29, 0.717) is 15.7 Å². The molecule has 0 unspecified atom stereocenters. The van der Waals surface area contributed by atoms with Crippen LogP contribution in [-0.4, -0.2) is 16.4 Å². The number of nitrogens with one attached hydrogen (secondary N) is 2. The minimum Gasteiger partial charge on any atom is -0.350 e. The number of H-pyrrole nitrogens is 1. The predicted molar refractivity (Wildman–Crippen MR) is 96.7 cm³/mol. The Labute approximate surface area is 151 Å². The van der Waals surface area contributed by atoms with Crippen LogP contribution in [0.1, 0.15) is 49.0 Å². The third-order valence-corrected chi connectivity index (χ3v) is 6.84. The van der Waals surface area contributed by atoms with Crippen LogP contribution in [0.3, 0.4) is 0 Å². The Hall–Kier alpha value is -1.19. The molecule has 1 amide bonds. The molecule has 4 aliphatic rings. The summed E-state index contributed by atoms with van der Waals surface area (Å²) in [5, 5.41) is 5.38. The Balaban J connectivity index is 1.44. The van der Waals surface area contributed by atoms with Crippen molar-refractivity contribution in [1.82, 2.24) is 10.3 Å². The molecule has 1 aromatic heterocycles. The summed E-state index contributed by atoms with van der Waals surface area (Å²) in [4.78, 5) is 16.1. The van der Waals surface area contributed by atoms with Crippen molar-refractivity contribution in [2.24, 2.45) is 17.8 Å². The van der Waals surface area contributed by atoms with E-state index in [-0.39, 0.29) is 11.4 Å². The van der Waals surface area contributed by atoms with Gasteiger partial charge in [0.25, 0.3) is 5.91 Å². The molecule has 0 spiro atoms. The van der Waals surface area contributed by atoms with E-state index in [0.717, 1.165) is 47.9 Å². The van der Waals surface area contributed by atoms with E-state index < -0.39 is 0 Å². The maximum absolute atomic E-state index is 12.9. The first kappa shape index (κ1) is 15.1. The number of halogens is 2. The molecule has 4 bridgehead atoms. The zero-order valence-corrected chi connectivity index (χ0v) is 14.9. The van der Waals surface area contributed by atoms with Crippen LogP contribution in [0.25, 0.3) is 10.9 Å². The molecule has 24 heavy (non-hydrogen) atoms. The highest BCUT2D eigenvalue weighted by Gasteiger charge is 2.51. The lowest BCUT2D eigenvalue weighted by atomic mass is 9.53. The molecule has 0 radical (unpaired) electrons. The molecule has 4 aliphatic carbocycles. The standard InChI is InChI=1S/C19H20Cl2N2O/c20-13-4-15(21)14-6-17(22-16(14)5-13)18(24)23-19-7-10-1-11(8-19)3-12(2-10)9-19/h4-6,10-12,22H,1-3,7-9H2,(H,23,24). The Morgan fingerprint density at radius 2 is 1.67 bits per heavy atom. The molecule has 126 valence electrons. The quantitative estimate of drug-likeness (QED) is 0.759. The fraction of sp³-hybridized carbons (Fsp3) is 0.526. The van der Waals surface area contributed by atoms with Gasteiger partial charge in [-0.3, -0.25) is 4.79 Å². The number of hydrogen-bond acceptors (Lipinski definition) is 1. The molecule has 3 nitrogen and oxygen atoms in total. The fourth-order valence-corrected chi connectivity index (χ4v) is 6.40. The smallest absolute Gasteiger partial charge is 0.268 e. The van der Waals surface area contributed by atoms with Crippen molar-refractivity contribution in [3.63, 3.8) is 0 Å². The van der Waals surface area contributed by atoms with E-state index in [1.54, 1.807) is 6.07 Å². The minimum atomic E-state index is -0.0136. The number of benzene rings is 1. The Kier molecular flexibility index (Phi) is 3.24. The van der Waals surface area contributed by atoms with Crippen LogP contribution < -0.4 is 5.32 Å². The van der Waals surface area contributed by atoms with Crippen LogP contribution in [0.5, 0.6) is 0 Å². The van der Waals surface area contributed by atoms with Gasteiger partial charge in [-0.05, 0) is 74.5 Å². The average Bonchev–Trinajstić information content (AvgIpc) is 2.89. The molecular weight excluding hydrogens is 343 g/mol. The Bertz CT molecular complexity index is 806. The molecule has 0 aliphatic heterocycles. The van der Waals surface area contributed by atoms with Gasteiger partial charge in [0, 0.05) is 21.5 Å². The highest BCUT2D eigenvalue weighted by atomic mass is 35.5. The first-order chi connectivity index (χ1) is 11.5. The number of carbonyl (C=O) groups excluding carboxylic acids is 1. The van der Waals surface area contributed by atoms with Crippen molar-refractivity contribution < 1.29 is 4.79 Å². The van der Waals surface area contributed by atoms with Gasteiger partial charge < -0.3 is 10.3 Å². The SMILES string of the molecule is O=C(NC12CC3CC(CC(C3)C1)C2)c1cc2c(Cl)cc(Cl)cc2[nH]1. The lowest BCUT2D eigenvalue weighted by Crippen LogP contribution is -2.59. The van der Waals surface area contributed by atoms with Crippen LogP contribution in [0, 0.1) is 17.8 Å². The number of aromatic nitrogens is 1. The second kappa shape index (κ2) is 5.15. The van der Waals surface area contributed by atoms with Gasteiger partial charge >= 0.3 is 0 Å².